The summed E-state index contributed by atoms with van der Waals surface area (Å²) < 4.78 is 2.27. The Morgan fingerprint density at radius 1 is 1.45 bits per heavy atom. The fourth-order valence-electron chi connectivity index (χ4n) is 3.27. The Morgan fingerprint density at radius 3 is 2.75 bits per heavy atom. The number of imidazole rings is 1. The van der Waals surface area contributed by atoms with E-state index in [9.17, 15) is 0 Å². The van der Waals surface area contributed by atoms with Crippen LogP contribution in [0.5, 0.6) is 0 Å². The van der Waals surface area contributed by atoms with Crippen molar-refractivity contribution >= 4 is 0 Å². The second-order valence-electron chi connectivity index (χ2n) is 7.11. The molecule has 1 aliphatic rings. The summed E-state index contributed by atoms with van der Waals surface area (Å²) >= 11 is 0. The van der Waals surface area contributed by atoms with Gasteiger partial charge in [-0.2, -0.15) is 0 Å². The van der Waals surface area contributed by atoms with Gasteiger partial charge in [-0.1, -0.05) is 27.7 Å². The molecule has 1 aromatic heterocycles. The molecule has 0 spiro atoms. The van der Waals surface area contributed by atoms with E-state index in [0.29, 0.717) is 18.0 Å². The maximum absolute atomic E-state index is 6.08. The lowest BCUT2D eigenvalue weighted by Gasteiger charge is -2.30. The first-order valence-electron chi connectivity index (χ1n) is 7.91. The second kappa shape index (κ2) is 6.27. The van der Waals surface area contributed by atoms with Crippen LogP contribution >= 0.6 is 0 Å². The first kappa shape index (κ1) is 15.5. The van der Waals surface area contributed by atoms with Gasteiger partial charge in [0.15, 0.2) is 0 Å². The smallest absolute Gasteiger partial charge is 0.0948 e. The molecule has 0 saturated carbocycles. The van der Waals surface area contributed by atoms with Crippen molar-refractivity contribution < 1.29 is 0 Å². The molecule has 0 bridgehead atoms. The average molecular weight is 278 g/mol. The molecule has 1 aromatic rings. The van der Waals surface area contributed by atoms with E-state index in [1.807, 2.05) is 12.5 Å². The lowest BCUT2D eigenvalue weighted by Crippen LogP contribution is -2.34. The Morgan fingerprint density at radius 2 is 2.20 bits per heavy atom. The maximum atomic E-state index is 6.08. The molecule has 0 aliphatic carbocycles. The van der Waals surface area contributed by atoms with Crippen molar-refractivity contribution in [3.8, 4) is 0 Å². The van der Waals surface area contributed by atoms with Crippen LogP contribution in [0.25, 0.3) is 0 Å². The van der Waals surface area contributed by atoms with Crippen LogP contribution in [0.3, 0.4) is 0 Å². The van der Waals surface area contributed by atoms with Crippen LogP contribution in [0.4, 0.5) is 0 Å². The monoisotopic (exact) mass is 278 g/mol. The molecule has 4 heteroatoms. The zero-order valence-electron chi connectivity index (χ0n) is 13.5. The first-order valence-corrected chi connectivity index (χ1v) is 7.91. The fraction of sp³-hybridized carbons (Fsp3) is 0.812. The average Bonchev–Trinajstić information content (AvgIpc) is 3.00. The van der Waals surface area contributed by atoms with Crippen molar-refractivity contribution in [1.29, 1.82) is 0 Å². The summed E-state index contributed by atoms with van der Waals surface area (Å²) in [6.07, 6.45) is 6.35. The maximum Gasteiger partial charge on any atom is 0.0948 e. The van der Waals surface area contributed by atoms with E-state index in [2.05, 4.69) is 42.1 Å². The van der Waals surface area contributed by atoms with E-state index in [1.165, 1.54) is 12.1 Å². The van der Waals surface area contributed by atoms with Crippen molar-refractivity contribution in [2.24, 2.45) is 17.1 Å². The second-order valence-corrected chi connectivity index (χ2v) is 7.11. The van der Waals surface area contributed by atoms with E-state index >= 15 is 0 Å². The number of rotatable bonds is 5. The molecule has 2 atom stereocenters. The summed E-state index contributed by atoms with van der Waals surface area (Å²) in [4.78, 5) is 6.88. The molecule has 0 amide bonds. The Balaban J connectivity index is 2.11. The molecule has 1 saturated heterocycles. The normalized spacial score (nSPS) is 22.4. The van der Waals surface area contributed by atoms with Crippen molar-refractivity contribution in [3.63, 3.8) is 0 Å². The highest BCUT2D eigenvalue weighted by Gasteiger charge is 2.35. The molecule has 0 aromatic carbocycles. The number of aromatic nitrogens is 2. The molecule has 114 valence electrons. The summed E-state index contributed by atoms with van der Waals surface area (Å²) in [6, 6.07) is 0.316. The van der Waals surface area contributed by atoms with Gasteiger partial charge in [-0.15, -0.1) is 0 Å². The lowest BCUT2D eigenvalue weighted by atomic mass is 9.80. The van der Waals surface area contributed by atoms with E-state index in [1.54, 1.807) is 0 Å². The van der Waals surface area contributed by atoms with Gasteiger partial charge in [0.05, 0.1) is 18.1 Å². The molecule has 2 heterocycles. The minimum absolute atomic E-state index is 0.316. The van der Waals surface area contributed by atoms with Gasteiger partial charge in [-0.25, -0.2) is 4.98 Å². The van der Waals surface area contributed by atoms with Crippen LogP contribution in [-0.2, 0) is 6.54 Å². The van der Waals surface area contributed by atoms with Gasteiger partial charge in [0.2, 0.25) is 0 Å². The number of aryl methyl sites for hydroxylation is 1. The highest BCUT2D eigenvalue weighted by Crippen LogP contribution is 2.36. The van der Waals surface area contributed by atoms with E-state index in [4.69, 9.17) is 5.73 Å². The summed E-state index contributed by atoms with van der Waals surface area (Å²) in [7, 11) is 0. The Kier molecular flexibility index (Phi) is 4.86. The van der Waals surface area contributed by atoms with Crippen molar-refractivity contribution in [2.45, 2.75) is 53.1 Å². The standard InChI is InChI=1S/C16H30N4/c1-5-7-20-12-18-10-15(20)14(9-17)19-8-6-13(11-19)16(2,3)4/h10,12-14H,5-9,11,17H2,1-4H3. The predicted octanol–water partition coefficient (Wildman–Crippen LogP) is 2.66. The van der Waals surface area contributed by atoms with Gasteiger partial charge in [0.25, 0.3) is 0 Å². The molecular weight excluding hydrogens is 248 g/mol. The van der Waals surface area contributed by atoms with Crippen molar-refractivity contribution in [3.05, 3.63) is 18.2 Å². The topological polar surface area (TPSA) is 47.1 Å². The zero-order valence-corrected chi connectivity index (χ0v) is 13.5. The van der Waals surface area contributed by atoms with Gasteiger partial charge >= 0.3 is 0 Å². The van der Waals surface area contributed by atoms with Crippen LogP contribution in [-0.4, -0.2) is 34.1 Å². The fourth-order valence-corrected chi connectivity index (χ4v) is 3.27. The zero-order chi connectivity index (χ0) is 14.8. The van der Waals surface area contributed by atoms with Gasteiger partial charge in [-0.3, -0.25) is 4.90 Å². The molecule has 20 heavy (non-hydrogen) atoms. The summed E-state index contributed by atoms with van der Waals surface area (Å²) in [6.45, 7) is 13.3. The van der Waals surface area contributed by atoms with Crippen LogP contribution in [0.2, 0.25) is 0 Å². The highest BCUT2D eigenvalue weighted by molar-refractivity contribution is 5.08. The molecule has 0 radical (unpaired) electrons. The Hall–Kier alpha value is -0.870. The van der Waals surface area contributed by atoms with Gasteiger partial charge in [0.1, 0.15) is 0 Å². The molecule has 2 N–H and O–H groups in total. The number of likely N-dealkylation sites (tertiary alicyclic amines) is 1. The Bertz CT molecular complexity index is 418. The van der Waals surface area contributed by atoms with Gasteiger partial charge in [0, 0.05) is 25.8 Å². The minimum Gasteiger partial charge on any atom is -0.333 e. The summed E-state index contributed by atoms with van der Waals surface area (Å²) in [5.41, 5.74) is 7.75. The van der Waals surface area contributed by atoms with Crippen LogP contribution in [0.15, 0.2) is 12.5 Å². The molecule has 1 fully saturated rings. The van der Waals surface area contributed by atoms with E-state index in [-0.39, 0.29) is 0 Å². The van der Waals surface area contributed by atoms with E-state index in [0.717, 1.165) is 32.0 Å². The minimum atomic E-state index is 0.316. The molecular formula is C16H30N4. The summed E-state index contributed by atoms with van der Waals surface area (Å²) in [5, 5.41) is 0. The molecule has 4 nitrogen and oxygen atoms in total. The molecule has 1 aliphatic heterocycles. The van der Waals surface area contributed by atoms with Gasteiger partial charge in [-0.05, 0) is 30.7 Å². The lowest BCUT2D eigenvalue weighted by molar-refractivity contribution is 0.193. The largest absolute Gasteiger partial charge is 0.333 e. The molecule has 2 unspecified atom stereocenters. The third-order valence-corrected chi connectivity index (χ3v) is 4.66. The first-order chi connectivity index (χ1) is 9.47. The number of nitrogens with two attached hydrogens (primary N) is 1. The van der Waals surface area contributed by atoms with Crippen LogP contribution in [0.1, 0.15) is 52.3 Å². The van der Waals surface area contributed by atoms with E-state index < -0.39 is 0 Å². The third-order valence-electron chi connectivity index (χ3n) is 4.66. The number of nitrogens with zero attached hydrogens (tertiary/aromatic N) is 3. The SMILES string of the molecule is CCCn1cncc1C(CN)N1CCC(C(C)(C)C)C1. The number of hydrogen-bond donors (Lipinski definition) is 1. The van der Waals surface area contributed by atoms with Crippen LogP contribution < -0.4 is 5.73 Å². The Labute approximate surface area is 123 Å². The quantitative estimate of drug-likeness (QED) is 0.900. The molecule has 2 rings (SSSR count). The van der Waals surface area contributed by atoms with Gasteiger partial charge < -0.3 is 10.3 Å². The predicted molar refractivity (Wildman–Crippen MR) is 83.4 cm³/mol. The highest BCUT2D eigenvalue weighted by atomic mass is 15.2. The van der Waals surface area contributed by atoms with Crippen LogP contribution in [0, 0.1) is 11.3 Å². The number of hydrogen-bond acceptors (Lipinski definition) is 3. The third kappa shape index (κ3) is 3.23. The van der Waals surface area contributed by atoms with Crippen molar-refractivity contribution in [2.75, 3.05) is 19.6 Å². The van der Waals surface area contributed by atoms with Crippen molar-refractivity contribution in [1.82, 2.24) is 14.5 Å². The summed E-state index contributed by atoms with van der Waals surface area (Å²) in [5.74, 6) is 0.763.